The second-order valence-electron chi connectivity index (χ2n) is 7.24. The smallest absolute Gasteiger partial charge is 0.338 e. The summed E-state index contributed by atoms with van der Waals surface area (Å²) in [5.74, 6) is -4.32. The normalized spacial score (nSPS) is 17.2. The molecule has 0 saturated carbocycles. The largest absolute Gasteiger partial charge is 0.508 e. The minimum Gasteiger partial charge on any atom is -0.508 e. The third-order valence-corrected chi connectivity index (χ3v) is 5.06. The Labute approximate surface area is 180 Å². The molecule has 0 saturated heterocycles. The Kier molecular flexibility index (Phi) is 4.97. The maximum absolute atomic E-state index is 12.7. The van der Waals surface area contributed by atoms with Crippen molar-refractivity contribution in [3.8, 4) is 46.0 Å². The first kappa shape index (κ1) is 20.8. The molecule has 10 heteroatoms. The molecule has 166 valence electrons. The summed E-state index contributed by atoms with van der Waals surface area (Å²) in [5.41, 5.74) is 0.312. The molecule has 2 atom stereocenters. The first-order valence-corrected chi connectivity index (χ1v) is 9.33. The fraction of sp³-hybridized carbons (Fsp3) is 0.136. The summed E-state index contributed by atoms with van der Waals surface area (Å²) in [6, 6.07) is 7.92. The number of esters is 1. The summed E-state index contributed by atoms with van der Waals surface area (Å²) in [7, 11) is 0. The molecule has 1 aliphatic heterocycles. The quantitative estimate of drug-likeness (QED) is 0.235. The van der Waals surface area contributed by atoms with E-state index in [9.17, 15) is 40.5 Å². The molecule has 3 aromatic rings. The number of phenolic OH excluding ortho intramolecular Hbond substituents is 7. The van der Waals surface area contributed by atoms with Crippen LogP contribution in [0.4, 0.5) is 0 Å². The van der Waals surface area contributed by atoms with Gasteiger partial charge in [-0.15, -0.1) is 0 Å². The van der Waals surface area contributed by atoms with E-state index in [1.807, 2.05) is 0 Å². The van der Waals surface area contributed by atoms with Crippen LogP contribution in [-0.4, -0.2) is 47.8 Å². The molecule has 0 amide bonds. The summed E-state index contributed by atoms with van der Waals surface area (Å²) in [6.45, 7) is 0. The number of carbonyl (C=O) groups excluding carboxylic acids is 1. The molecule has 0 radical (unpaired) electrons. The first-order chi connectivity index (χ1) is 15.1. The lowest BCUT2D eigenvalue weighted by molar-refractivity contribution is -0.0189. The van der Waals surface area contributed by atoms with Crippen molar-refractivity contribution < 1.29 is 50.0 Å². The lowest BCUT2D eigenvalue weighted by atomic mass is 9.93. The van der Waals surface area contributed by atoms with Gasteiger partial charge in [0.05, 0.1) is 5.56 Å². The standard InChI is InChI=1S/C22H18O10/c23-11-6-14(25)12-8-19(32-22(30)9-1-2-13(24)15(26)3-9)21(31-18(12)7-11)10-4-16(27)20(29)17(28)5-10/h1-7,19,21,23-29H,8H2/t19?,21-/m0/s1. The van der Waals surface area contributed by atoms with Crippen molar-refractivity contribution in [3.05, 3.63) is 59.2 Å². The van der Waals surface area contributed by atoms with Gasteiger partial charge in [0.2, 0.25) is 0 Å². The van der Waals surface area contributed by atoms with E-state index in [1.54, 1.807) is 0 Å². The zero-order chi connectivity index (χ0) is 23.2. The van der Waals surface area contributed by atoms with Crippen molar-refractivity contribution >= 4 is 5.97 Å². The van der Waals surface area contributed by atoms with E-state index in [1.165, 1.54) is 12.1 Å². The Hall–Kier alpha value is -4.47. The van der Waals surface area contributed by atoms with Gasteiger partial charge >= 0.3 is 5.97 Å². The van der Waals surface area contributed by atoms with Crippen molar-refractivity contribution in [2.24, 2.45) is 0 Å². The molecule has 7 N–H and O–H groups in total. The Morgan fingerprint density at radius 1 is 0.812 bits per heavy atom. The molecule has 3 aromatic carbocycles. The Bertz CT molecular complexity index is 1200. The number of carbonyl (C=O) groups is 1. The van der Waals surface area contributed by atoms with E-state index in [2.05, 4.69) is 0 Å². The molecule has 0 aromatic heterocycles. The van der Waals surface area contributed by atoms with Gasteiger partial charge in [0.1, 0.15) is 23.4 Å². The molecular formula is C22H18O10. The van der Waals surface area contributed by atoms with Gasteiger partial charge in [-0.2, -0.15) is 0 Å². The summed E-state index contributed by atoms with van der Waals surface area (Å²) in [5, 5.41) is 68.5. The van der Waals surface area contributed by atoms with Crippen molar-refractivity contribution in [2.45, 2.75) is 18.6 Å². The molecule has 1 unspecified atom stereocenters. The molecule has 10 nitrogen and oxygen atoms in total. The number of benzene rings is 3. The fourth-order valence-corrected chi connectivity index (χ4v) is 3.48. The number of rotatable bonds is 3. The van der Waals surface area contributed by atoms with Crippen molar-refractivity contribution in [1.82, 2.24) is 0 Å². The van der Waals surface area contributed by atoms with Gasteiger partial charge in [0.25, 0.3) is 0 Å². The van der Waals surface area contributed by atoms with Gasteiger partial charge in [-0.05, 0) is 30.3 Å². The highest BCUT2D eigenvalue weighted by Crippen LogP contribution is 2.45. The summed E-state index contributed by atoms with van der Waals surface area (Å²) >= 11 is 0. The average Bonchev–Trinajstić information content (AvgIpc) is 2.73. The van der Waals surface area contributed by atoms with Crippen LogP contribution < -0.4 is 4.74 Å². The zero-order valence-electron chi connectivity index (χ0n) is 16.3. The lowest BCUT2D eigenvalue weighted by Crippen LogP contribution is -2.34. The van der Waals surface area contributed by atoms with Crippen LogP contribution in [-0.2, 0) is 11.2 Å². The van der Waals surface area contributed by atoms with E-state index in [4.69, 9.17) is 9.47 Å². The van der Waals surface area contributed by atoms with Crippen LogP contribution in [0.25, 0.3) is 0 Å². The van der Waals surface area contributed by atoms with Crippen LogP contribution in [0, 0.1) is 0 Å². The number of hydrogen-bond acceptors (Lipinski definition) is 10. The van der Waals surface area contributed by atoms with Gasteiger partial charge in [-0.1, -0.05) is 0 Å². The first-order valence-electron chi connectivity index (χ1n) is 9.33. The highest BCUT2D eigenvalue weighted by molar-refractivity contribution is 5.90. The van der Waals surface area contributed by atoms with E-state index in [-0.39, 0.29) is 40.4 Å². The predicted octanol–water partition coefficient (Wildman–Crippen LogP) is 2.53. The minimum atomic E-state index is -1.12. The fourth-order valence-electron chi connectivity index (χ4n) is 3.48. The molecule has 1 aliphatic rings. The Morgan fingerprint density at radius 2 is 1.50 bits per heavy atom. The van der Waals surface area contributed by atoms with Crippen molar-refractivity contribution in [3.63, 3.8) is 0 Å². The molecule has 4 rings (SSSR count). The minimum absolute atomic E-state index is 0.0652. The second-order valence-corrected chi connectivity index (χ2v) is 7.24. The van der Waals surface area contributed by atoms with Gasteiger partial charge in [-0.25, -0.2) is 4.79 Å². The van der Waals surface area contributed by atoms with Crippen LogP contribution >= 0.6 is 0 Å². The van der Waals surface area contributed by atoms with Gasteiger partial charge in [0, 0.05) is 29.7 Å². The number of fused-ring (bicyclic) bond motifs is 1. The number of ether oxygens (including phenoxy) is 2. The second kappa shape index (κ2) is 7.65. The third kappa shape index (κ3) is 3.69. The van der Waals surface area contributed by atoms with Crippen LogP contribution in [0.2, 0.25) is 0 Å². The molecule has 0 bridgehead atoms. The molecule has 0 fully saturated rings. The van der Waals surface area contributed by atoms with Crippen LogP contribution in [0.1, 0.15) is 27.6 Å². The molecule has 32 heavy (non-hydrogen) atoms. The molecule has 0 aliphatic carbocycles. The monoisotopic (exact) mass is 442 g/mol. The van der Waals surface area contributed by atoms with E-state index < -0.39 is 46.9 Å². The topological polar surface area (TPSA) is 177 Å². The summed E-state index contributed by atoms with van der Waals surface area (Å²) < 4.78 is 11.4. The average molecular weight is 442 g/mol. The van der Waals surface area contributed by atoms with Gasteiger partial charge in [0.15, 0.2) is 34.9 Å². The van der Waals surface area contributed by atoms with E-state index in [0.29, 0.717) is 0 Å². The van der Waals surface area contributed by atoms with Crippen LogP contribution in [0.15, 0.2) is 42.5 Å². The molecule has 1 heterocycles. The van der Waals surface area contributed by atoms with Crippen LogP contribution in [0.3, 0.4) is 0 Å². The maximum atomic E-state index is 12.7. The molecule has 0 spiro atoms. The predicted molar refractivity (Wildman–Crippen MR) is 107 cm³/mol. The van der Waals surface area contributed by atoms with Gasteiger partial charge < -0.3 is 45.2 Å². The van der Waals surface area contributed by atoms with Crippen molar-refractivity contribution in [2.75, 3.05) is 0 Å². The SMILES string of the molecule is O=C(OC1Cc2c(O)cc(O)cc2O[C@H]1c1cc(O)c(O)c(O)c1)c1ccc(O)c(O)c1. The summed E-state index contributed by atoms with van der Waals surface area (Å²) in [6.07, 6.45) is -2.27. The highest BCUT2D eigenvalue weighted by atomic mass is 16.6. The number of aromatic hydroxyl groups is 7. The van der Waals surface area contributed by atoms with Crippen molar-refractivity contribution in [1.29, 1.82) is 0 Å². The summed E-state index contributed by atoms with van der Waals surface area (Å²) in [4.78, 5) is 12.7. The lowest BCUT2D eigenvalue weighted by Gasteiger charge is -2.34. The zero-order valence-corrected chi connectivity index (χ0v) is 16.3. The van der Waals surface area contributed by atoms with E-state index in [0.717, 1.165) is 30.3 Å². The number of hydrogen-bond donors (Lipinski definition) is 7. The maximum Gasteiger partial charge on any atom is 0.338 e. The highest BCUT2D eigenvalue weighted by Gasteiger charge is 2.37. The van der Waals surface area contributed by atoms with Gasteiger partial charge in [-0.3, -0.25) is 0 Å². The Balaban J connectivity index is 1.74. The number of phenols is 7. The Morgan fingerprint density at radius 3 is 2.16 bits per heavy atom. The third-order valence-electron chi connectivity index (χ3n) is 5.06. The van der Waals surface area contributed by atoms with Crippen LogP contribution in [0.5, 0.6) is 46.0 Å². The molecular weight excluding hydrogens is 424 g/mol. The van der Waals surface area contributed by atoms with E-state index >= 15 is 0 Å².